The van der Waals surface area contributed by atoms with Gasteiger partial charge in [-0.05, 0) is 32.9 Å². The highest BCUT2D eigenvalue weighted by Gasteiger charge is 2.11. The summed E-state index contributed by atoms with van der Waals surface area (Å²) in [4.78, 5) is 14.9. The maximum atomic E-state index is 11.8. The summed E-state index contributed by atoms with van der Waals surface area (Å²) in [6.07, 6.45) is 0.547. The molecule has 0 radical (unpaired) electrons. The van der Waals surface area contributed by atoms with Crippen molar-refractivity contribution in [1.29, 1.82) is 0 Å². The molecular weight excluding hydrogens is 268 g/mol. The van der Waals surface area contributed by atoms with Crippen molar-refractivity contribution in [2.24, 2.45) is 0 Å². The first-order valence-corrected chi connectivity index (χ1v) is 7.54. The Balaban J connectivity index is 2.31. The van der Waals surface area contributed by atoms with Crippen LogP contribution in [0.2, 0.25) is 4.34 Å². The molecule has 18 heavy (non-hydrogen) atoms. The number of amides is 1. The van der Waals surface area contributed by atoms with E-state index in [2.05, 4.69) is 12.2 Å². The molecule has 0 saturated carbocycles. The van der Waals surface area contributed by atoms with Gasteiger partial charge in [0.15, 0.2) is 0 Å². The minimum Gasteiger partial charge on any atom is -0.343 e. The molecular formula is C13H21ClN2OS. The summed E-state index contributed by atoms with van der Waals surface area (Å²) in [6, 6.07) is 4.17. The standard InChI is InChI=1S/C13H21ClN2OS/c1-4-16(5-2)13(17)8-9-15-10(3)11-6-7-12(14)18-11/h6-7,10,15H,4-5,8-9H2,1-3H3. The molecule has 3 nitrogen and oxygen atoms in total. The fourth-order valence-corrected chi connectivity index (χ4v) is 2.88. The summed E-state index contributed by atoms with van der Waals surface area (Å²) in [5, 5.41) is 3.35. The molecule has 0 aliphatic carbocycles. The molecule has 1 rings (SSSR count). The van der Waals surface area contributed by atoms with Crippen LogP contribution in [0.25, 0.3) is 0 Å². The summed E-state index contributed by atoms with van der Waals surface area (Å²) in [5.74, 6) is 0.212. The van der Waals surface area contributed by atoms with Crippen LogP contribution in [0.1, 0.15) is 38.1 Å². The van der Waals surface area contributed by atoms with Crippen molar-refractivity contribution in [2.45, 2.75) is 33.2 Å². The minimum atomic E-state index is 0.212. The lowest BCUT2D eigenvalue weighted by atomic mass is 10.2. The van der Waals surface area contributed by atoms with E-state index in [0.717, 1.165) is 17.4 Å². The first-order chi connectivity index (χ1) is 8.58. The quantitative estimate of drug-likeness (QED) is 0.835. The summed E-state index contributed by atoms with van der Waals surface area (Å²) in [7, 11) is 0. The number of thiophene rings is 1. The second-order valence-electron chi connectivity index (χ2n) is 4.13. The van der Waals surface area contributed by atoms with Gasteiger partial charge in [-0.3, -0.25) is 4.79 Å². The third-order valence-electron chi connectivity index (χ3n) is 2.93. The molecule has 0 aliphatic rings. The van der Waals surface area contributed by atoms with E-state index in [1.54, 1.807) is 11.3 Å². The Morgan fingerprint density at radius 2 is 2.11 bits per heavy atom. The Morgan fingerprint density at radius 3 is 2.61 bits per heavy atom. The number of nitrogens with zero attached hydrogens (tertiary/aromatic N) is 1. The van der Waals surface area contributed by atoms with Crippen molar-refractivity contribution in [2.75, 3.05) is 19.6 Å². The molecule has 0 saturated heterocycles. The van der Waals surface area contributed by atoms with Crippen molar-refractivity contribution >= 4 is 28.8 Å². The molecule has 1 aromatic rings. The van der Waals surface area contributed by atoms with Crippen LogP contribution in [-0.4, -0.2) is 30.4 Å². The second kappa shape index (κ2) is 7.77. The van der Waals surface area contributed by atoms with E-state index < -0.39 is 0 Å². The molecule has 0 aliphatic heterocycles. The maximum Gasteiger partial charge on any atom is 0.223 e. The van der Waals surface area contributed by atoms with Crippen LogP contribution in [0, 0.1) is 0 Å². The molecule has 1 heterocycles. The lowest BCUT2D eigenvalue weighted by molar-refractivity contribution is -0.130. The van der Waals surface area contributed by atoms with E-state index in [-0.39, 0.29) is 11.9 Å². The van der Waals surface area contributed by atoms with Gasteiger partial charge in [0, 0.05) is 37.0 Å². The Labute approximate surface area is 118 Å². The predicted octanol–water partition coefficient (Wildman–Crippen LogP) is 3.31. The van der Waals surface area contributed by atoms with E-state index in [9.17, 15) is 4.79 Å². The molecule has 0 aromatic carbocycles. The van der Waals surface area contributed by atoms with Crippen LogP contribution in [0.3, 0.4) is 0 Å². The Hall–Kier alpha value is -0.580. The highest BCUT2D eigenvalue weighted by molar-refractivity contribution is 7.16. The summed E-state index contributed by atoms with van der Waals surface area (Å²) in [5.41, 5.74) is 0. The Morgan fingerprint density at radius 1 is 1.44 bits per heavy atom. The average Bonchev–Trinajstić information content (AvgIpc) is 2.77. The molecule has 1 unspecified atom stereocenters. The second-order valence-corrected chi connectivity index (χ2v) is 5.88. The SMILES string of the molecule is CCN(CC)C(=O)CCNC(C)c1ccc(Cl)s1. The van der Waals surface area contributed by atoms with Crippen molar-refractivity contribution < 1.29 is 4.79 Å². The van der Waals surface area contributed by atoms with E-state index in [4.69, 9.17) is 11.6 Å². The molecule has 1 aromatic heterocycles. The monoisotopic (exact) mass is 288 g/mol. The van der Waals surface area contributed by atoms with Crippen LogP contribution < -0.4 is 5.32 Å². The fraction of sp³-hybridized carbons (Fsp3) is 0.615. The van der Waals surface area contributed by atoms with Crippen molar-refractivity contribution in [3.63, 3.8) is 0 Å². The van der Waals surface area contributed by atoms with Gasteiger partial charge in [-0.1, -0.05) is 11.6 Å². The van der Waals surface area contributed by atoms with E-state index in [1.807, 2.05) is 30.9 Å². The highest BCUT2D eigenvalue weighted by atomic mass is 35.5. The Kier molecular flexibility index (Phi) is 6.68. The van der Waals surface area contributed by atoms with Crippen LogP contribution in [-0.2, 0) is 4.79 Å². The van der Waals surface area contributed by atoms with Gasteiger partial charge in [0.2, 0.25) is 5.91 Å². The van der Waals surface area contributed by atoms with Gasteiger partial charge in [-0.25, -0.2) is 0 Å². The summed E-state index contributed by atoms with van der Waals surface area (Å²) >= 11 is 7.48. The van der Waals surface area contributed by atoms with Crippen molar-refractivity contribution in [1.82, 2.24) is 10.2 Å². The predicted molar refractivity (Wildman–Crippen MR) is 78.3 cm³/mol. The topological polar surface area (TPSA) is 32.3 Å². The zero-order chi connectivity index (χ0) is 13.5. The van der Waals surface area contributed by atoms with Crippen LogP contribution >= 0.6 is 22.9 Å². The number of carbonyl (C=O) groups excluding carboxylic acids is 1. The first kappa shape index (κ1) is 15.5. The fourth-order valence-electron chi connectivity index (χ4n) is 1.79. The zero-order valence-corrected chi connectivity index (χ0v) is 12.8. The van der Waals surface area contributed by atoms with E-state index in [0.29, 0.717) is 13.0 Å². The average molecular weight is 289 g/mol. The van der Waals surface area contributed by atoms with Gasteiger partial charge in [0.05, 0.1) is 4.34 Å². The molecule has 5 heteroatoms. The minimum absolute atomic E-state index is 0.212. The number of rotatable bonds is 7. The molecule has 1 amide bonds. The first-order valence-electron chi connectivity index (χ1n) is 6.34. The number of hydrogen-bond donors (Lipinski definition) is 1. The van der Waals surface area contributed by atoms with Gasteiger partial charge in [0.25, 0.3) is 0 Å². The van der Waals surface area contributed by atoms with Crippen LogP contribution in [0.15, 0.2) is 12.1 Å². The molecule has 1 atom stereocenters. The zero-order valence-electron chi connectivity index (χ0n) is 11.2. The lowest BCUT2D eigenvalue weighted by Gasteiger charge is -2.19. The van der Waals surface area contributed by atoms with Crippen LogP contribution in [0.5, 0.6) is 0 Å². The van der Waals surface area contributed by atoms with Gasteiger partial charge in [-0.15, -0.1) is 11.3 Å². The van der Waals surface area contributed by atoms with Crippen molar-refractivity contribution in [3.05, 3.63) is 21.3 Å². The molecule has 102 valence electrons. The third kappa shape index (κ3) is 4.59. The van der Waals surface area contributed by atoms with Gasteiger partial charge in [0.1, 0.15) is 0 Å². The molecule has 0 fully saturated rings. The van der Waals surface area contributed by atoms with E-state index in [1.165, 1.54) is 4.88 Å². The van der Waals surface area contributed by atoms with Gasteiger partial charge < -0.3 is 10.2 Å². The largest absolute Gasteiger partial charge is 0.343 e. The number of hydrogen-bond acceptors (Lipinski definition) is 3. The lowest BCUT2D eigenvalue weighted by Crippen LogP contribution is -2.33. The van der Waals surface area contributed by atoms with Crippen molar-refractivity contribution in [3.8, 4) is 0 Å². The summed E-state index contributed by atoms with van der Waals surface area (Å²) < 4.78 is 0.804. The number of carbonyl (C=O) groups is 1. The Bertz CT molecular complexity index is 377. The molecule has 0 bridgehead atoms. The smallest absolute Gasteiger partial charge is 0.223 e. The third-order valence-corrected chi connectivity index (χ3v) is 4.34. The number of halogens is 1. The maximum absolute atomic E-state index is 11.8. The molecule has 0 spiro atoms. The van der Waals surface area contributed by atoms with Gasteiger partial charge in [-0.2, -0.15) is 0 Å². The molecule has 1 N–H and O–H groups in total. The van der Waals surface area contributed by atoms with Crippen LogP contribution in [0.4, 0.5) is 0 Å². The van der Waals surface area contributed by atoms with Gasteiger partial charge >= 0.3 is 0 Å². The highest BCUT2D eigenvalue weighted by Crippen LogP contribution is 2.26. The van der Waals surface area contributed by atoms with E-state index >= 15 is 0 Å². The number of nitrogens with one attached hydrogen (secondary N) is 1. The summed E-state index contributed by atoms with van der Waals surface area (Å²) in [6.45, 7) is 8.36. The normalized spacial score (nSPS) is 12.4.